The predicted molar refractivity (Wildman–Crippen MR) is 117 cm³/mol. The maximum Gasteiger partial charge on any atom is 0.233 e. The molecule has 3 aliphatic rings. The highest BCUT2D eigenvalue weighted by atomic mass is 19.1. The van der Waals surface area contributed by atoms with E-state index in [1.54, 1.807) is 12.1 Å². The van der Waals surface area contributed by atoms with E-state index in [2.05, 4.69) is 11.1 Å². The van der Waals surface area contributed by atoms with Crippen LogP contribution in [-0.2, 0) is 21.4 Å². The summed E-state index contributed by atoms with van der Waals surface area (Å²) in [5.41, 5.74) is 1.57. The molecule has 31 heavy (non-hydrogen) atoms. The number of ether oxygens (including phenoxy) is 1. The Morgan fingerprint density at radius 2 is 1.90 bits per heavy atom. The highest BCUT2D eigenvalue weighted by Crippen LogP contribution is 2.46. The largest absolute Gasteiger partial charge is 0.377 e. The fourth-order valence-corrected chi connectivity index (χ4v) is 6.00. The lowest BCUT2D eigenvalue weighted by molar-refractivity contribution is -0.139. The zero-order valence-corrected chi connectivity index (χ0v) is 18.1. The van der Waals surface area contributed by atoms with Crippen LogP contribution >= 0.6 is 0 Å². The minimum atomic E-state index is -0.541. The van der Waals surface area contributed by atoms with Gasteiger partial charge in [0, 0.05) is 31.4 Å². The van der Waals surface area contributed by atoms with Crippen molar-refractivity contribution in [1.29, 1.82) is 0 Å². The molecular weight excluding hydrogens is 391 g/mol. The van der Waals surface area contributed by atoms with Crippen LogP contribution in [0.25, 0.3) is 0 Å². The molecule has 1 amide bonds. The number of rotatable bonds is 4. The Kier molecular flexibility index (Phi) is 5.55. The van der Waals surface area contributed by atoms with E-state index >= 15 is 0 Å². The molecule has 0 unspecified atom stereocenters. The molecule has 0 bridgehead atoms. The van der Waals surface area contributed by atoms with Crippen LogP contribution in [0, 0.1) is 11.2 Å². The van der Waals surface area contributed by atoms with Crippen molar-refractivity contribution in [3.05, 3.63) is 65.7 Å². The van der Waals surface area contributed by atoms with Crippen LogP contribution in [0.3, 0.4) is 0 Å². The Hall–Kier alpha value is -2.27. The summed E-state index contributed by atoms with van der Waals surface area (Å²) >= 11 is 0. The van der Waals surface area contributed by atoms with Gasteiger partial charge in [-0.3, -0.25) is 9.78 Å². The molecule has 1 saturated carbocycles. The van der Waals surface area contributed by atoms with Gasteiger partial charge in [0.2, 0.25) is 5.91 Å². The molecular formula is C26H31FN2O2. The predicted octanol–water partition coefficient (Wildman–Crippen LogP) is 4.67. The summed E-state index contributed by atoms with van der Waals surface area (Å²) in [6.07, 6.45) is 9.62. The summed E-state index contributed by atoms with van der Waals surface area (Å²) in [6.45, 7) is 2.33. The van der Waals surface area contributed by atoms with Crippen molar-refractivity contribution in [2.24, 2.45) is 5.41 Å². The molecule has 3 fully saturated rings. The Morgan fingerprint density at radius 1 is 1.10 bits per heavy atom. The highest BCUT2D eigenvalue weighted by Gasteiger charge is 2.48. The number of pyridine rings is 1. The molecule has 2 aromatic rings. The normalized spacial score (nSPS) is 24.5. The number of benzene rings is 1. The van der Waals surface area contributed by atoms with Gasteiger partial charge in [0.1, 0.15) is 5.82 Å². The number of halogens is 1. The summed E-state index contributed by atoms with van der Waals surface area (Å²) in [5, 5.41) is 0. The summed E-state index contributed by atoms with van der Waals surface area (Å²) in [5.74, 6) is -0.0503. The van der Waals surface area contributed by atoms with E-state index in [1.807, 2.05) is 29.3 Å². The molecule has 3 heterocycles. The van der Waals surface area contributed by atoms with Gasteiger partial charge in [0.25, 0.3) is 0 Å². The fourth-order valence-electron chi connectivity index (χ4n) is 6.00. The standard InChI is InChI=1S/C26H31FN2O2/c27-21-7-5-6-20(16-21)26(9-2-3-10-26)24(30)29-14-11-25(12-15-29)18-23(31-19-25)17-22-8-1-4-13-28-22/h1,4-8,13,16,23H,2-3,9-12,14-15,17-19H2/t23-/m0/s1. The van der Waals surface area contributed by atoms with Crippen LogP contribution in [0.2, 0.25) is 0 Å². The lowest BCUT2D eigenvalue weighted by Gasteiger charge is -2.42. The first-order chi connectivity index (χ1) is 15.1. The summed E-state index contributed by atoms with van der Waals surface area (Å²) in [4.78, 5) is 20.2. The number of amides is 1. The number of piperidine rings is 1. The van der Waals surface area contributed by atoms with E-state index in [9.17, 15) is 9.18 Å². The molecule has 2 aliphatic heterocycles. The van der Waals surface area contributed by atoms with Gasteiger partial charge in [-0.05, 0) is 67.3 Å². The average molecular weight is 423 g/mol. The third-order valence-electron chi connectivity index (χ3n) is 7.80. The molecule has 0 radical (unpaired) electrons. The quantitative estimate of drug-likeness (QED) is 0.719. The van der Waals surface area contributed by atoms with Crippen LogP contribution < -0.4 is 0 Å². The lowest BCUT2D eigenvalue weighted by atomic mass is 9.74. The van der Waals surface area contributed by atoms with Crippen molar-refractivity contribution in [1.82, 2.24) is 9.88 Å². The summed E-state index contributed by atoms with van der Waals surface area (Å²) in [6, 6.07) is 12.7. The maximum atomic E-state index is 13.9. The maximum absolute atomic E-state index is 13.9. The summed E-state index contributed by atoms with van der Waals surface area (Å²) < 4.78 is 20.1. The van der Waals surface area contributed by atoms with Crippen molar-refractivity contribution >= 4 is 5.91 Å². The van der Waals surface area contributed by atoms with Gasteiger partial charge in [-0.2, -0.15) is 0 Å². The van der Waals surface area contributed by atoms with Gasteiger partial charge in [0.15, 0.2) is 0 Å². The third-order valence-corrected chi connectivity index (χ3v) is 7.80. The van der Waals surface area contributed by atoms with Gasteiger partial charge in [-0.1, -0.05) is 31.0 Å². The molecule has 164 valence electrons. The molecule has 5 heteroatoms. The lowest BCUT2D eigenvalue weighted by Crippen LogP contribution is -2.50. The van der Waals surface area contributed by atoms with Crippen molar-refractivity contribution in [2.45, 2.75) is 62.9 Å². The van der Waals surface area contributed by atoms with E-state index in [1.165, 1.54) is 6.07 Å². The van der Waals surface area contributed by atoms with Crippen molar-refractivity contribution in [3.8, 4) is 0 Å². The minimum absolute atomic E-state index is 0.178. The number of hydrogen-bond donors (Lipinski definition) is 0. The highest BCUT2D eigenvalue weighted by molar-refractivity contribution is 5.88. The summed E-state index contributed by atoms with van der Waals surface area (Å²) in [7, 11) is 0. The fraction of sp³-hybridized carbons (Fsp3) is 0.538. The van der Waals surface area contributed by atoms with Gasteiger partial charge >= 0.3 is 0 Å². The minimum Gasteiger partial charge on any atom is -0.377 e. The second-order valence-corrected chi connectivity index (χ2v) is 9.75. The number of likely N-dealkylation sites (tertiary alicyclic amines) is 1. The molecule has 1 atom stereocenters. The van der Waals surface area contributed by atoms with Crippen molar-refractivity contribution < 1.29 is 13.9 Å². The smallest absolute Gasteiger partial charge is 0.233 e. The second kappa shape index (κ2) is 8.34. The van der Waals surface area contributed by atoms with Crippen LogP contribution in [0.4, 0.5) is 4.39 Å². The SMILES string of the molecule is O=C(N1CCC2(CC1)CO[C@@H](Cc1ccccn1)C2)C1(c2cccc(F)c2)CCCC1. The topological polar surface area (TPSA) is 42.4 Å². The second-order valence-electron chi connectivity index (χ2n) is 9.75. The molecule has 1 spiro atoms. The Labute approximate surface area is 183 Å². The van der Waals surface area contributed by atoms with Crippen molar-refractivity contribution in [2.75, 3.05) is 19.7 Å². The molecule has 2 saturated heterocycles. The number of carbonyl (C=O) groups excluding carboxylic acids is 1. The molecule has 1 aromatic heterocycles. The number of carbonyl (C=O) groups is 1. The molecule has 4 nitrogen and oxygen atoms in total. The first kappa shape index (κ1) is 20.6. The van der Waals surface area contributed by atoms with E-state index < -0.39 is 5.41 Å². The van der Waals surface area contributed by atoms with Gasteiger partial charge in [-0.15, -0.1) is 0 Å². The van der Waals surface area contributed by atoms with E-state index in [0.29, 0.717) is 0 Å². The zero-order chi connectivity index (χ0) is 21.3. The number of nitrogens with zero attached hydrogens (tertiary/aromatic N) is 2. The first-order valence-electron chi connectivity index (χ1n) is 11.7. The van der Waals surface area contributed by atoms with E-state index in [4.69, 9.17) is 4.74 Å². The van der Waals surface area contributed by atoms with Crippen LogP contribution in [0.1, 0.15) is 56.2 Å². The molecule has 5 rings (SSSR count). The van der Waals surface area contributed by atoms with Crippen LogP contribution in [0.15, 0.2) is 48.7 Å². The van der Waals surface area contributed by atoms with Crippen LogP contribution in [-0.4, -0.2) is 41.6 Å². The Balaban J connectivity index is 1.24. The van der Waals surface area contributed by atoms with Gasteiger partial charge < -0.3 is 9.64 Å². The number of aromatic nitrogens is 1. The average Bonchev–Trinajstić information content (AvgIpc) is 3.43. The first-order valence-corrected chi connectivity index (χ1v) is 11.7. The van der Waals surface area contributed by atoms with E-state index in [-0.39, 0.29) is 23.2 Å². The van der Waals surface area contributed by atoms with Gasteiger partial charge in [-0.25, -0.2) is 4.39 Å². The monoisotopic (exact) mass is 422 g/mol. The zero-order valence-electron chi connectivity index (χ0n) is 18.1. The molecule has 0 N–H and O–H groups in total. The van der Waals surface area contributed by atoms with E-state index in [0.717, 1.165) is 82.3 Å². The third kappa shape index (κ3) is 4.00. The molecule has 1 aromatic carbocycles. The van der Waals surface area contributed by atoms with Crippen LogP contribution in [0.5, 0.6) is 0 Å². The van der Waals surface area contributed by atoms with Crippen molar-refractivity contribution in [3.63, 3.8) is 0 Å². The Bertz CT molecular complexity index is 918. The van der Waals surface area contributed by atoms with Gasteiger partial charge in [0.05, 0.1) is 18.1 Å². The Morgan fingerprint density at radius 3 is 2.61 bits per heavy atom. The molecule has 1 aliphatic carbocycles. The number of hydrogen-bond acceptors (Lipinski definition) is 3.